The Balaban J connectivity index is 1.40. The summed E-state index contributed by atoms with van der Waals surface area (Å²) >= 11 is 0. The van der Waals surface area contributed by atoms with Gasteiger partial charge in [0.05, 0.1) is 33.5 Å². The Morgan fingerprint density at radius 2 is 1.35 bits per heavy atom. The molecular weight excluding hydrogens is 755 g/mol. The zero-order valence-corrected chi connectivity index (χ0v) is 37.3. The van der Waals surface area contributed by atoms with Crippen molar-refractivity contribution in [3.05, 3.63) is 167 Å². The van der Waals surface area contributed by atoms with Gasteiger partial charge in [-0.05, 0) is 141 Å². The first kappa shape index (κ1) is 30.7. The van der Waals surface area contributed by atoms with E-state index in [1.165, 1.54) is 6.20 Å². The molecule has 0 saturated heterocycles. The number of pyridine rings is 1. The molecule has 0 aliphatic carbocycles. The Morgan fingerprint density at radius 3 is 2.05 bits per heavy atom. The second kappa shape index (κ2) is 16.2. The van der Waals surface area contributed by atoms with Gasteiger partial charge in [0.2, 0.25) is 0 Å². The average Bonchev–Trinajstić information content (AvgIpc) is 3.68. The lowest BCUT2D eigenvalue weighted by atomic mass is 9.83. The molecule has 8 rings (SSSR count). The van der Waals surface area contributed by atoms with Gasteiger partial charge in [0.15, 0.2) is 0 Å². The summed E-state index contributed by atoms with van der Waals surface area (Å²) < 4.78 is 96.3. The van der Waals surface area contributed by atoms with Crippen molar-refractivity contribution in [3.63, 3.8) is 0 Å². The number of para-hydroxylation sites is 2. The van der Waals surface area contributed by atoms with Gasteiger partial charge in [0, 0.05) is 26.9 Å². The number of fused-ring (bicyclic) bond motifs is 1. The van der Waals surface area contributed by atoms with Crippen molar-refractivity contribution in [2.75, 3.05) is 0 Å². The zero-order chi connectivity index (χ0) is 53.7. The van der Waals surface area contributed by atoms with Gasteiger partial charge in [-0.2, -0.15) is 0 Å². The number of hydrogen-bond acceptors (Lipinski definition) is 3. The van der Waals surface area contributed by atoms with E-state index >= 15 is 0 Å². The zero-order valence-electron chi connectivity index (χ0n) is 48.3. The number of aromatic nitrogens is 3. The standard InChI is InChI=1S/C58H61N3O/c1-35(2)42-28-43(36(3)4)30-44(29-42)40-23-24-52(38(6)27-40)61-53-18-14-15-48(54(53)60-56(61)49-16-13-17-50(55(49)62)58(10,11)12)45-31-46(33-47(32-45)57(7,8)9)51-34-41(25-26-59-51)39-21-19-37(5)20-22-39/h13-36,62H,1-12H3/i5D3,6D3,19D,20D,21D,22D,35D. The number of aryl methyl sites for hydroxylation is 1. The highest BCUT2D eigenvalue weighted by Gasteiger charge is 2.26. The number of nitrogens with zero attached hydrogens (tertiary/aromatic N) is 3. The van der Waals surface area contributed by atoms with E-state index in [0.29, 0.717) is 61.6 Å². The second-order valence-electron chi connectivity index (χ2n) is 18.9. The molecule has 0 radical (unpaired) electrons. The van der Waals surface area contributed by atoms with Crippen molar-refractivity contribution in [3.8, 4) is 67.5 Å². The molecule has 2 heterocycles. The van der Waals surface area contributed by atoms with E-state index in [4.69, 9.17) is 25.0 Å². The van der Waals surface area contributed by atoms with E-state index in [2.05, 4.69) is 46.8 Å². The van der Waals surface area contributed by atoms with Crippen molar-refractivity contribution in [1.29, 1.82) is 0 Å². The minimum absolute atomic E-state index is 0.0222. The lowest BCUT2D eigenvalue weighted by molar-refractivity contribution is 0.448. The minimum Gasteiger partial charge on any atom is -0.507 e. The molecule has 0 unspecified atom stereocenters. The molecule has 0 aliphatic rings. The molecule has 0 atom stereocenters. The summed E-state index contributed by atoms with van der Waals surface area (Å²) in [4.78, 5) is 10.1. The van der Waals surface area contributed by atoms with Crippen LogP contribution in [0, 0.1) is 13.7 Å². The van der Waals surface area contributed by atoms with Gasteiger partial charge < -0.3 is 5.11 Å². The van der Waals surface area contributed by atoms with Crippen LogP contribution in [0.3, 0.4) is 0 Å². The predicted molar refractivity (Wildman–Crippen MR) is 263 cm³/mol. The van der Waals surface area contributed by atoms with Crippen LogP contribution in [0.1, 0.15) is 130 Å². The third-order valence-electron chi connectivity index (χ3n) is 11.6. The molecule has 1 N–H and O–H groups in total. The molecule has 0 amide bonds. The van der Waals surface area contributed by atoms with Crippen LogP contribution >= 0.6 is 0 Å². The van der Waals surface area contributed by atoms with Gasteiger partial charge in [-0.1, -0.05) is 154 Å². The Bertz CT molecular complexity index is 3450. The van der Waals surface area contributed by atoms with Gasteiger partial charge >= 0.3 is 0 Å². The Hall–Kier alpha value is -6.26. The van der Waals surface area contributed by atoms with Gasteiger partial charge in [0.1, 0.15) is 11.6 Å². The number of rotatable bonds is 8. The fraction of sp³-hybridized carbons (Fsp3) is 0.276. The van der Waals surface area contributed by atoms with E-state index in [-0.39, 0.29) is 22.8 Å². The van der Waals surface area contributed by atoms with Gasteiger partial charge in [-0.15, -0.1) is 0 Å². The van der Waals surface area contributed by atoms with Gasteiger partial charge in [0.25, 0.3) is 0 Å². The summed E-state index contributed by atoms with van der Waals surface area (Å²) in [5.41, 5.74) is 8.29. The van der Waals surface area contributed by atoms with E-state index in [0.717, 1.165) is 27.8 Å². The van der Waals surface area contributed by atoms with Crippen molar-refractivity contribution < 1.29 is 20.2 Å². The normalized spacial score (nSPS) is 15.4. The van der Waals surface area contributed by atoms with E-state index in [9.17, 15) is 5.11 Å². The fourth-order valence-corrected chi connectivity index (χ4v) is 8.00. The first-order chi connectivity index (χ1) is 33.8. The lowest BCUT2D eigenvalue weighted by Crippen LogP contribution is -2.12. The Morgan fingerprint density at radius 1 is 0.645 bits per heavy atom. The summed E-state index contributed by atoms with van der Waals surface area (Å²) in [5.74, 6) is -0.389. The summed E-state index contributed by atoms with van der Waals surface area (Å²) in [5, 5.41) is 12.2. The average molecular weight is 827 g/mol. The van der Waals surface area contributed by atoms with Crippen LogP contribution in [0.15, 0.2) is 133 Å². The van der Waals surface area contributed by atoms with E-state index in [1.54, 1.807) is 30.3 Å². The number of aromatic hydroxyl groups is 1. The molecule has 0 bridgehead atoms. The number of hydrogen-bond donors (Lipinski definition) is 1. The molecule has 6 aromatic carbocycles. The van der Waals surface area contributed by atoms with Crippen molar-refractivity contribution >= 4 is 11.0 Å². The summed E-state index contributed by atoms with van der Waals surface area (Å²) in [6.07, 6.45) is 1.52. The largest absolute Gasteiger partial charge is 0.507 e. The third kappa shape index (κ3) is 8.23. The molecule has 2 aromatic heterocycles. The first-order valence-electron chi connectivity index (χ1n) is 26.7. The maximum Gasteiger partial charge on any atom is 0.149 e. The lowest BCUT2D eigenvalue weighted by Gasteiger charge is -2.22. The molecular formula is C58H61N3O. The highest BCUT2D eigenvalue weighted by Crippen LogP contribution is 2.43. The van der Waals surface area contributed by atoms with E-state index < -0.39 is 60.2 Å². The van der Waals surface area contributed by atoms with Crippen molar-refractivity contribution in [1.82, 2.24) is 14.5 Å². The van der Waals surface area contributed by atoms with Crippen LogP contribution < -0.4 is 0 Å². The van der Waals surface area contributed by atoms with Crippen LogP contribution in [0.5, 0.6) is 5.75 Å². The van der Waals surface area contributed by atoms with E-state index in [1.807, 2.05) is 99.8 Å². The fourth-order valence-electron chi connectivity index (χ4n) is 8.00. The number of benzene rings is 6. The van der Waals surface area contributed by atoms with Crippen LogP contribution in [-0.4, -0.2) is 19.6 Å². The number of imidazole rings is 1. The van der Waals surface area contributed by atoms with Crippen LogP contribution in [0.4, 0.5) is 0 Å². The molecule has 0 saturated carbocycles. The number of phenolic OH excluding ortho intramolecular Hbond substituents is 1. The van der Waals surface area contributed by atoms with Gasteiger partial charge in [-0.3, -0.25) is 9.55 Å². The van der Waals surface area contributed by atoms with Crippen LogP contribution in [0.25, 0.3) is 72.7 Å². The predicted octanol–water partition coefficient (Wildman–Crippen LogP) is 15.9. The molecule has 62 heavy (non-hydrogen) atoms. The third-order valence-corrected chi connectivity index (χ3v) is 11.6. The first-order valence-corrected chi connectivity index (χ1v) is 21.2. The molecule has 8 aromatic rings. The van der Waals surface area contributed by atoms with Crippen molar-refractivity contribution in [2.24, 2.45) is 0 Å². The Labute approximate surface area is 384 Å². The molecule has 0 aliphatic heterocycles. The maximum absolute atomic E-state index is 12.2. The number of phenols is 1. The summed E-state index contributed by atoms with van der Waals surface area (Å²) in [7, 11) is 0. The molecule has 0 fully saturated rings. The monoisotopic (exact) mass is 827 g/mol. The maximum atomic E-state index is 12.2. The highest BCUT2D eigenvalue weighted by atomic mass is 16.3. The van der Waals surface area contributed by atoms with Crippen molar-refractivity contribution in [2.45, 2.75) is 106 Å². The second-order valence-corrected chi connectivity index (χ2v) is 18.9. The van der Waals surface area contributed by atoms with Crippen LogP contribution in [0.2, 0.25) is 0 Å². The minimum atomic E-state index is -2.85. The molecule has 314 valence electrons. The quantitative estimate of drug-likeness (QED) is 0.166. The summed E-state index contributed by atoms with van der Waals surface area (Å²) in [6.45, 7) is 14.7. The summed E-state index contributed by atoms with van der Waals surface area (Å²) in [6, 6.07) is 29.9. The van der Waals surface area contributed by atoms with Gasteiger partial charge in [-0.25, -0.2) is 4.98 Å². The topological polar surface area (TPSA) is 50.9 Å². The molecule has 4 heteroatoms. The molecule has 4 nitrogen and oxygen atoms in total. The van der Waals surface area contributed by atoms with Crippen LogP contribution in [-0.2, 0) is 10.8 Å². The highest BCUT2D eigenvalue weighted by molar-refractivity contribution is 5.97. The Kier molecular flexibility index (Phi) is 8.03. The molecule has 0 spiro atoms. The SMILES string of the molecule is [2H]c1c([2H])c(C([2H])([2H])[2H])c([2H])c([2H])c1-c1ccnc(-c2cc(-c3cccc4c3nc(-c3cccc(C(C)(C)C)c3O)n4-c3ccc(-c4cc(C(C)C)cc(C([2H])(C)C)c4)cc3C([2H])([2H])[2H])cc(C(C)(C)C)c2)c1. The smallest absolute Gasteiger partial charge is 0.149 e.